The van der Waals surface area contributed by atoms with Crippen molar-refractivity contribution < 1.29 is 0 Å². The Morgan fingerprint density at radius 2 is 1.64 bits per heavy atom. The Bertz CT molecular complexity index is 91.0. The number of hydrogen-bond acceptors (Lipinski definition) is 1. The van der Waals surface area contributed by atoms with Crippen molar-refractivity contribution in [3.63, 3.8) is 0 Å². The van der Waals surface area contributed by atoms with Crippen molar-refractivity contribution in [3.8, 4) is 0 Å². The molecule has 0 aromatic rings. The van der Waals surface area contributed by atoms with E-state index < -0.39 is 0 Å². The third-order valence-electron chi connectivity index (χ3n) is 2.88. The molecule has 0 radical (unpaired) electrons. The average Bonchev–Trinajstić information content (AvgIpc) is 1.96. The molecule has 0 N–H and O–H groups in total. The van der Waals surface area contributed by atoms with Crippen LogP contribution in [0.25, 0.3) is 0 Å². The minimum absolute atomic E-state index is 0.702. The van der Waals surface area contributed by atoms with Crippen LogP contribution in [-0.4, -0.2) is 5.25 Å². The van der Waals surface area contributed by atoms with Crippen molar-refractivity contribution in [2.45, 2.75) is 57.1 Å². The summed E-state index contributed by atoms with van der Waals surface area (Å²) in [7, 11) is 0. The molecule has 0 heterocycles. The first-order chi connectivity index (χ1) is 5.33. The van der Waals surface area contributed by atoms with Crippen LogP contribution in [0.5, 0.6) is 0 Å². The summed E-state index contributed by atoms with van der Waals surface area (Å²) in [6.45, 7) is 2.32. The van der Waals surface area contributed by atoms with Crippen LogP contribution in [-0.2, 0) is 0 Å². The smallest absolute Gasteiger partial charge is 0.00168 e. The molecule has 66 valence electrons. The summed E-state index contributed by atoms with van der Waals surface area (Å²) in [5.74, 6) is 1.02. The highest BCUT2D eigenvalue weighted by atomic mass is 32.1. The van der Waals surface area contributed by atoms with E-state index in [2.05, 4.69) is 19.6 Å². The van der Waals surface area contributed by atoms with Gasteiger partial charge in [0.05, 0.1) is 0 Å². The Balaban J connectivity index is 2.22. The van der Waals surface area contributed by atoms with E-state index in [0.29, 0.717) is 5.25 Å². The topological polar surface area (TPSA) is 0 Å². The molecule has 0 aliphatic heterocycles. The number of rotatable bonds is 1. The van der Waals surface area contributed by atoms with E-state index in [1.54, 1.807) is 0 Å². The Labute approximate surface area is 76.2 Å². The van der Waals surface area contributed by atoms with Gasteiger partial charge in [0.15, 0.2) is 0 Å². The quantitative estimate of drug-likeness (QED) is 0.573. The molecule has 0 bridgehead atoms. The van der Waals surface area contributed by atoms with Crippen molar-refractivity contribution in [3.05, 3.63) is 0 Å². The van der Waals surface area contributed by atoms with Gasteiger partial charge >= 0.3 is 0 Å². The fraction of sp³-hybridized carbons (Fsp3) is 1.00. The van der Waals surface area contributed by atoms with Gasteiger partial charge < -0.3 is 0 Å². The first-order valence-corrected chi connectivity index (χ1v) is 5.52. The minimum atomic E-state index is 0.702. The fourth-order valence-corrected chi connectivity index (χ4v) is 2.35. The monoisotopic (exact) mass is 172 g/mol. The molecule has 1 rings (SSSR count). The molecule has 0 unspecified atom stereocenters. The summed E-state index contributed by atoms with van der Waals surface area (Å²) in [5, 5.41) is 0.702. The van der Waals surface area contributed by atoms with Gasteiger partial charge in [-0.1, -0.05) is 39.0 Å². The van der Waals surface area contributed by atoms with Gasteiger partial charge in [-0.25, -0.2) is 0 Å². The first kappa shape index (κ1) is 9.44. The molecule has 0 aromatic carbocycles. The van der Waals surface area contributed by atoms with Gasteiger partial charge in [0, 0.05) is 5.25 Å². The SMILES string of the molecule is CCC1CCCC(S)CCC1. The predicted octanol–water partition coefficient (Wildman–Crippen LogP) is 3.67. The third-order valence-corrected chi connectivity index (χ3v) is 3.39. The fourth-order valence-electron chi connectivity index (χ4n) is 1.98. The molecule has 0 aromatic heterocycles. The van der Waals surface area contributed by atoms with Crippen LogP contribution in [0, 0.1) is 5.92 Å². The predicted molar refractivity (Wildman–Crippen MR) is 54.3 cm³/mol. The van der Waals surface area contributed by atoms with Gasteiger partial charge in [-0.2, -0.15) is 12.6 Å². The van der Waals surface area contributed by atoms with Crippen molar-refractivity contribution >= 4 is 12.6 Å². The van der Waals surface area contributed by atoms with E-state index in [0.717, 1.165) is 5.92 Å². The van der Waals surface area contributed by atoms with Crippen molar-refractivity contribution in [1.82, 2.24) is 0 Å². The molecular formula is C10H20S. The molecule has 1 aliphatic rings. The van der Waals surface area contributed by atoms with Crippen LogP contribution in [0.1, 0.15) is 51.9 Å². The van der Waals surface area contributed by atoms with Crippen LogP contribution in [0.2, 0.25) is 0 Å². The maximum absolute atomic E-state index is 4.54. The Morgan fingerprint density at radius 1 is 1.09 bits per heavy atom. The molecule has 1 saturated carbocycles. The summed E-state index contributed by atoms with van der Waals surface area (Å²) < 4.78 is 0. The Hall–Kier alpha value is 0.350. The molecule has 0 saturated heterocycles. The summed E-state index contributed by atoms with van der Waals surface area (Å²) in [4.78, 5) is 0. The highest BCUT2D eigenvalue weighted by molar-refractivity contribution is 7.80. The Kier molecular flexibility index (Phi) is 4.36. The normalized spacial score (nSPS) is 34.4. The second-order valence-corrected chi connectivity index (χ2v) is 4.52. The van der Waals surface area contributed by atoms with Gasteiger partial charge in [-0.15, -0.1) is 0 Å². The second kappa shape index (κ2) is 5.08. The molecule has 11 heavy (non-hydrogen) atoms. The molecule has 0 amide bonds. The van der Waals surface area contributed by atoms with E-state index in [1.165, 1.54) is 44.9 Å². The average molecular weight is 172 g/mol. The molecule has 1 heteroatoms. The summed E-state index contributed by atoms with van der Waals surface area (Å²) in [6, 6.07) is 0. The molecular weight excluding hydrogens is 152 g/mol. The zero-order chi connectivity index (χ0) is 8.10. The van der Waals surface area contributed by atoms with E-state index in [-0.39, 0.29) is 0 Å². The maximum atomic E-state index is 4.54. The minimum Gasteiger partial charge on any atom is -0.176 e. The van der Waals surface area contributed by atoms with E-state index in [9.17, 15) is 0 Å². The van der Waals surface area contributed by atoms with Crippen molar-refractivity contribution in [1.29, 1.82) is 0 Å². The van der Waals surface area contributed by atoms with Gasteiger partial charge in [-0.05, 0) is 18.8 Å². The van der Waals surface area contributed by atoms with Crippen LogP contribution in [0.3, 0.4) is 0 Å². The highest BCUT2D eigenvalue weighted by Crippen LogP contribution is 2.26. The lowest BCUT2D eigenvalue weighted by atomic mass is 9.89. The summed E-state index contributed by atoms with van der Waals surface area (Å²) in [5.41, 5.74) is 0. The van der Waals surface area contributed by atoms with Gasteiger partial charge in [-0.3, -0.25) is 0 Å². The van der Waals surface area contributed by atoms with Gasteiger partial charge in [0.25, 0.3) is 0 Å². The molecule has 1 aliphatic carbocycles. The summed E-state index contributed by atoms with van der Waals surface area (Å²) in [6.07, 6.45) is 9.80. The van der Waals surface area contributed by atoms with Crippen LogP contribution in [0.15, 0.2) is 0 Å². The number of hydrogen-bond donors (Lipinski definition) is 1. The largest absolute Gasteiger partial charge is 0.176 e. The summed E-state index contributed by atoms with van der Waals surface area (Å²) >= 11 is 4.54. The Morgan fingerprint density at radius 3 is 2.09 bits per heavy atom. The lowest BCUT2D eigenvalue weighted by Crippen LogP contribution is -2.08. The van der Waals surface area contributed by atoms with Crippen LogP contribution in [0.4, 0.5) is 0 Å². The van der Waals surface area contributed by atoms with E-state index >= 15 is 0 Å². The lowest BCUT2D eigenvalue weighted by Gasteiger charge is -2.20. The molecule has 0 spiro atoms. The standard InChI is InChI=1S/C10H20S/c1-2-9-5-3-7-10(11)8-4-6-9/h9-11H,2-8H2,1H3. The van der Waals surface area contributed by atoms with E-state index in [4.69, 9.17) is 0 Å². The van der Waals surface area contributed by atoms with E-state index in [1.807, 2.05) is 0 Å². The lowest BCUT2D eigenvalue weighted by molar-refractivity contribution is 0.374. The first-order valence-electron chi connectivity index (χ1n) is 5.01. The second-order valence-electron chi connectivity index (χ2n) is 3.79. The zero-order valence-corrected chi connectivity index (χ0v) is 8.45. The molecule has 0 atom stereocenters. The highest BCUT2D eigenvalue weighted by Gasteiger charge is 2.12. The number of thiol groups is 1. The molecule has 0 nitrogen and oxygen atoms in total. The van der Waals surface area contributed by atoms with Crippen LogP contribution < -0.4 is 0 Å². The van der Waals surface area contributed by atoms with Crippen LogP contribution >= 0.6 is 12.6 Å². The van der Waals surface area contributed by atoms with Gasteiger partial charge in [0.2, 0.25) is 0 Å². The van der Waals surface area contributed by atoms with Crippen molar-refractivity contribution in [2.75, 3.05) is 0 Å². The zero-order valence-electron chi connectivity index (χ0n) is 7.55. The maximum Gasteiger partial charge on any atom is 0.00168 e. The molecule has 1 fully saturated rings. The van der Waals surface area contributed by atoms with Gasteiger partial charge in [0.1, 0.15) is 0 Å². The van der Waals surface area contributed by atoms with Crippen molar-refractivity contribution in [2.24, 2.45) is 5.92 Å². The third kappa shape index (κ3) is 3.50.